The highest BCUT2D eigenvalue weighted by Crippen LogP contribution is 2.31. The summed E-state index contributed by atoms with van der Waals surface area (Å²) in [4.78, 5) is 24.1. The van der Waals surface area contributed by atoms with Crippen LogP contribution in [-0.2, 0) is 4.79 Å². The maximum absolute atomic E-state index is 12.5. The van der Waals surface area contributed by atoms with Gasteiger partial charge in [-0.3, -0.25) is 4.79 Å². The third-order valence-electron chi connectivity index (χ3n) is 6.23. The third-order valence-corrected chi connectivity index (χ3v) is 6.23. The molecule has 2 aliphatic rings. The van der Waals surface area contributed by atoms with Crippen LogP contribution in [0.25, 0.3) is 11.1 Å². The second-order valence-electron chi connectivity index (χ2n) is 8.22. The number of hydrogen-bond donors (Lipinski definition) is 3. The van der Waals surface area contributed by atoms with Crippen LogP contribution in [0.1, 0.15) is 60.4 Å². The summed E-state index contributed by atoms with van der Waals surface area (Å²) in [7, 11) is 0. The number of hydrogen-bond acceptors (Lipinski definition) is 3. The smallest absolute Gasteiger partial charge is 0.335 e. The van der Waals surface area contributed by atoms with Crippen molar-refractivity contribution >= 4 is 17.6 Å². The molecule has 0 aromatic heterocycles. The van der Waals surface area contributed by atoms with E-state index in [1.807, 2.05) is 6.07 Å². The lowest BCUT2D eigenvalue weighted by atomic mass is 9.89. The normalized spacial score (nSPS) is 17.9. The van der Waals surface area contributed by atoms with Crippen molar-refractivity contribution < 1.29 is 14.7 Å². The predicted octanol–water partition coefficient (Wildman–Crippen LogP) is 4.65. The van der Waals surface area contributed by atoms with Crippen LogP contribution in [0.2, 0.25) is 0 Å². The molecule has 0 unspecified atom stereocenters. The van der Waals surface area contributed by atoms with Crippen LogP contribution in [0.4, 0.5) is 5.69 Å². The van der Waals surface area contributed by atoms with Crippen LogP contribution in [0.5, 0.6) is 0 Å². The molecule has 0 spiro atoms. The van der Waals surface area contributed by atoms with Gasteiger partial charge in [0.1, 0.15) is 0 Å². The molecule has 2 aromatic carbocycles. The molecule has 0 atom stereocenters. The first-order valence-corrected chi connectivity index (χ1v) is 10.6. The molecule has 1 aliphatic carbocycles. The molecule has 1 aliphatic heterocycles. The molecule has 1 heterocycles. The van der Waals surface area contributed by atoms with E-state index >= 15 is 0 Å². The van der Waals surface area contributed by atoms with Crippen LogP contribution in [-0.4, -0.2) is 30.1 Å². The fourth-order valence-electron chi connectivity index (χ4n) is 4.53. The number of rotatable bonds is 5. The van der Waals surface area contributed by atoms with E-state index in [1.54, 1.807) is 12.1 Å². The number of piperidine rings is 1. The lowest BCUT2D eigenvalue weighted by Gasteiger charge is -2.23. The van der Waals surface area contributed by atoms with Gasteiger partial charge >= 0.3 is 5.97 Å². The number of amides is 1. The molecular weight excluding hydrogens is 364 g/mol. The van der Waals surface area contributed by atoms with Crippen LogP contribution in [0.3, 0.4) is 0 Å². The zero-order chi connectivity index (χ0) is 20.2. The number of benzene rings is 2. The Morgan fingerprint density at radius 2 is 1.59 bits per heavy atom. The Balaban J connectivity index is 1.57. The number of carbonyl (C=O) groups is 2. The zero-order valence-corrected chi connectivity index (χ0v) is 16.6. The van der Waals surface area contributed by atoms with Crippen LogP contribution >= 0.6 is 0 Å². The largest absolute Gasteiger partial charge is 0.478 e. The molecule has 2 fully saturated rings. The first-order chi connectivity index (χ1) is 14.1. The topological polar surface area (TPSA) is 78.4 Å². The minimum absolute atomic E-state index is 0.00255. The van der Waals surface area contributed by atoms with Crippen molar-refractivity contribution in [2.24, 2.45) is 5.92 Å². The van der Waals surface area contributed by atoms with E-state index in [4.69, 9.17) is 0 Å². The molecule has 2 aromatic rings. The Labute approximate surface area is 171 Å². The fraction of sp³-hybridized carbons (Fsp3) is 0.417. The number of aromatic carboxylic acids is 1. The van der Waals surface area contributed by atoms with Gasteiger partial charge in [-0.2, -0.15) is 0 Å². The summed E-state index contributed by atoms with van der Waals surface area (Å²) in [5.41, 5.74) is 3.84. The van der Waals surface area contributed by atoms with Gasteiger partial charge in [0.25, 0.3) is 0 Å². The molecule has 3 N–H and O–H groups in total. The Kier molecular flexibility index (Phi) is 5.95. The summed E-state index contributed by atoms with van der Waals surface area (Å²) in [5.74, 6) is -0.375. The summed E-state index contributed by atoms with van der Waals surface area (Å²) in [5, 5.41) is 15.9. The monoisotopic (exact) mass is 392 g/mol. The van der Waals surface area contributed by atoms with Gasteiger partial charge in [0.05, 0.1) is 5.56 Å². The van der Waals surface area contributed by atoms with E-state index in [2.05, 4.69) is 34.9 Å². The first-order valence-electron chi connectivity index (χ1n) is 10.6. The summed E-state index contributed by atoms with van der Waals surface area (Å²) in [6.07, 6.45) is 6.28. The standard InChI is InChI=1S/C24H28N2O3/c27-23(19-3-1-2-4-19)26-22-14-20(13-21(15-22)24(28)29)17-7-5-16(6-8-17)18-9-11-25-12-10-18/h5-8,13-15,18-19,25H,1-4,9-12H2,(H,26,27)(H,28,29). The number of carboxylic acid groups (broad SMARTS) is 1. The number of nitrogens with one attached hydrogen (secondary N) is 2. The zero-order valence-electron chi connectivity index (χ0n) is 16.6. The maximum atomic E-state index is 12.5. The van der Waals surface area contributed by atoms with Gasteiger partial charge in [-0.25, -0.2) is 4.79 Å². The third kappa shape index (κ3) is 4.67. The van der Waals surface area contributed by atoms with Crippen molar-refractivity contribution in [2.75, 3.05) is 18.4 Å². The molecular formula is C24H28N2O3. The minimum atomic E-state index is -0.991. The van der Waals surface area contributed by atoms with Crippen molar-refractivity contribution in [1.82, 2.24) is 5.32 Å². The quantitative estimate of drug-likeness (QED) is 0.692. The first kappa shape index (κ1) is 19.6. The number of carboxylic acids is 1. The fourth-order valence-corrected chi connectivity index (χ4v) is 4.53. The van der Waals surface area contributed by atoms with E-state index in [1.165, 1.54) is 5.56 Å². The molecule has 0 radical (unpaired) electrons. The maximum Gasteiger partial charge on any atom is 0.335 e. The van der Waals surface area contributed by atoms with Gasteiger partial charge in [0, 0.05) is 11.6 Å². The molecule has 29 heavy (non-hydrogen) atoms. The van der Waals surface area contributed by atoms with Gasteiger partial charge in [-0.15, -0.1) is 0 Å². The van der Waals surface area contributed by atoms with E-state index in [-0.39, 0.29) is 17.4 Å². The number of carbonyl (C=O) groups excluding carboxylic acids is 1. The summed E-state index contributed by atoms with van der Waals surface area (Å²) < 4.78 is 0. The molecule has 4 rings (SSSR count). The molecule has 0 bridgehead atoms. The van der Waals surface area contributed by atoms with Crippen LogP contribution in [0, 0.1) is 5.92 Å². The molecule has 1 amide bonds. The molecule has 1 saturated carbocycles. The molecule has 152 valence electrons. The summed E-state index contributed by atoms with van der Waals surface area (Å²) in [6, 6.07) is 13.5. The SMILES string of the molecule is O=C(O)c1cc(NC(=O)C2CCCC2)cc(-c2ccc(C3CCNCC3)cc2)c1. The average Bonchev–Trinajstić information content (AvgIpc) is 3.29. The van der Waals surface area contributed by atoms with Crippen molar-refractivity contribution in [3.8, 4) is 11.1 Å². The lowest BCUT2D eigenvalue weighted by Crippen LogP contribution is -2.26. The van der Waals surface area contributed by atoms with E-state index in [9.17, 15) is 14.7 Å². The second-order valence-corrected chi connectivity index (χ2v) is 8.22. The van der Waals surface area contributed by atoms with E-state index < -0.39 is 5.97 Å². The molecule has 1 saturated heterocycles. The molecule has 5 heteroatoms. The van der Waals surface area contributed by atoms with Crippen molar-refractivity contribution in [2.45, 2.75) is 44.4 Å². The highest BCUT2D eigenvalue weighted by atomic mass is 16.4. The highest BCUT2D eigenvalue weighted by molar-refractivity contribution is 5.96. The van der Waals surface area contributed by atoms with Gasteiger partial charge in [0.15, 0.2) is 0 Å². The summed E-state index contributed by atoms with van der Waals surface area (Å²) >= 11 is 0. The second kappa shape index (κ2) is 8.78. The van der Waals surface area contributed by atoms with Crippen molar-refractivity contribution in [3.63, 3.8) is 0 Å². The predicted molar refractivity (Wildman–Crippen MR) is 114 cm³/mol. The van der Waals surface area contributed by atoms with Gasteiger partial charge in [0.2, 0.25) is 5.91 Å². The Bertz CT molecular complexity index is 879. The van der Waals surface area contributed by atoms with Crippen LogP contribution < -0.4 is 10.6 Å². The lowest BCUT2D eigenvalue weighted by molar-refractivity contribution is -0.119. The van der Waals surface area contributed by atoms with Gasteiger partial charge in [-0.05, 0) is 79.6 Å². The minimum Gasteiger partial charge on any atom is -0.478 e. The Morgan fingerprint density at radius 1 is 0.897 bits per heavy atom. The van der Waals surface area contributed by atoms with Gasteiger partial charge < -0.3 is 15.7 Å². The van der Waals surface area contributed by atoms with Crippen molar-refractivity contribution in [1.29, 1.82) is 0 Å². The average molecular weight is 392 g/mol. The molecule has 5 nitrogen and oxygen atoms in total. The van der Waals surface area contributed by atoms with Crippen LogP contribution in [0.15, 0.2) is 42.5 Å². The van der Waals surface area contributed by atoms with Crippen molar-refractivity contribution in [3.05, 3.63) is 53.6 Å². The van der Waals surface area contributed by atoms with Gasteiger partial charge in [-0.1, -0.05) is 37.1 Å². The van der Waals surface area contributed by atoms with E-state index in [0.717, 1.165) is 62.7 Å². The number of anilines is 1. The summed E-state index contributed by atoms with van der Waals surface area (Å²) in [6.45, 7) is 2.11. The highest BCUT2D eigenvalue weighted by Gasteiger charge is 2.23. The Hall–Kier alpha value is -2.66. The van der Waals surface area contributed by atoms with E-state index in [0.29, 0.717) is 11.6 Å². The Morgan fingerprint density at radius 3 is 2.24 bits per heavy atom.